The Morgan fingerprint density at radius 2 is 0.944 bits per heavy atom. The van der Waals surface area contributed by atoms with Crippen molar-refractivity contribution in [1.29, 1.82) is 0 Å². The molecule has 0 aliphatic heterocycles. The second kappa shape index (κ2) is 5.35. The van der Waals surface area contributed by atoms with E-state index in [1.165, 1.54) is 0 Å². The smallest absolute Gasteiger partial charge is 0.240 e. The van der Waals surface area contributed by atoms with E-state index in [0.717, 1.165) is 0 Å². The van der Waals surface area contributed by atoms with Crippen LogP contribution in [0.1, 0.15) is 0 Å². The average Bonchev–Trinajstić information content (AvgIpc) is 2.24. The van der Waals surface area contributed by atoms with Crippen molar-refractivity contribution in [3.63, 3.8) is 0 Å². The van der Waals surface area contributed by atoms with Crippen molar-refractivity contribution in [3.8, 4) is 0 Å². The monoisotopic (exact) mass is 290 g/mol. The highest BCUT2D eigenvalue weighted by atomic mass is 19.3. The van der Waals surface area contributed by atoms with Crippen LogP contribution in [0, 0.1) is 0 Å². The third-order valence-corrected chi connectivity index (χ3v) is 1.29. The topological polar surface area (TPSA) is 52.6 Å². The van der Waals surface area contributed by atoms with Crippen LogP contribution in [-0.2, 0) is 19.4 Å². The number of hydrogen-bond donors (Lipinski definition) is 0. The maximum Gasteiger partial charge on any atom is 0.430 e. The summed E-state index contributed by atoms with van der Waals surface area (Å²) in [7, 11) is 0. The minimum Gasteiger partial charge on any atom is -0.240 e. The Labute approximate surface area is 92.4 Å². The minimum absolute atomic E-state index is 2.63. The molecule has 0 bridgehead atoms. The first kappa shape index (κ1) is 16.4. The summed E-state index contributed by atoms with van der Waals surface area (Å²) in [6, 6.07) is 0. The summed E-state index contributed by atoms with van der Waals surface area (Å²) < 4.78 is 94.3. The van der Waals surface area contributed by atoms with Gasteiger partial charge in [-0.1, -0.05) is 0 Å². The lowest BCUT2D eigenvalue weighted by atomic mass is 10.3. The van der Waals surface area contributed by atoms with Crippen LogP contribution in [0.5, 0.6) is 0 Å². The molecule has 0 aliphatic rings. The van der Waals surface area contributed by atoms with Crippen molar-refractivity contribution < 1.29 is 54.5 Å². The van der Waals surface area contributed by atoms with Crippen LogP contribution in [0.4, 0.5) is 35.1 Å². The van der Waals surface area contributed by atoms with E-state index in [0.29, 0.717) is 0 Å². The van der Waals surface area contributed by atoms with Crippen molar-refractivity contribution >= 4 is 11.9 Å². The predicted molar refractivity (Wildman–Crippen MR) is 34.1 cm³/mol. The van der Waals surface area contributed by atoms with Crippen LogP contribution >= 0.6 is 0 Å². The number of carbonyl (C=O) groups excluding carboxylic acids is 2. The molecule has 0 unspecified atom stereocenters. The summed E-state index contributed by atoms with van der Waals surface area (Å²) in [6.07, 6.45) is -9.14. The van der Waals surface area contributed by atoms with Crippen LogP contribution in [-0.4, -0.2) is 36.6 Å². The molecule has 0 aliphatic carbocycles. The number of rotatable bonds is 4. The molecular formula is C6H2F8O4. The van der Waals surface area contributed by atoms with Gasteiger partial charge in [0.1, 0.15) is 0 Å². The van der Waals surface area contributed by atoms with Gasteiger partial charge in [0.15, 0.2) is 0 Å². The largest absolute Gasteiger partial charge is 0.430 e. The van der Waals surface area contributed by atoms with E-state index in [2.05, 4.69) is 9.78 Å². The van der Waals surface area contributed by atoms with Gasteiger partial charge in [-0.2, -0.15) is 17.6 Å². The van der Waals surface area contributed by atoms with Gasteiger partial charge in [-0.3, -0.25) is 0 Å². The van der Waals surface area contributed by atoms with Gasteiger partial charge in [-0.05, 0) is 0 Å². The van der Waals surface area contributed by atoms with Gasteiger partial charge in [-0.15, -0.1) is 0 Å². The Balaban J connectivity index is 4.53. The number of carbonyl (C=O) groups is 2. The first-order chi connectivity index (χ1) is 7.94. The van der Waals surface area contributed by atoms with Crippen LogP contribution in [0.2, 0.25) is 0 Å². The zero-order valence-corrected chi connectivity index (χ0v) is 7.81. The normalized spacial score (nSPS) is 12.8. The van der Waals surface area contributed by atoms with E-state index < -0.39 is 36.6 Å². The van der Waals surface area contributed by atoms with E-state index in [-0.39, 0.29) is 0 Å². The SMILES string of the molecule is O=C(OOC(=O)C(F)(F)C(F)F)C(F)(F)C(F)F. The zero-order valence-electron chi connectivity index (χ0n) is 7.81. The van der Waals surface area contributed by atoms with Crippen molar-refractivity contribution in [1.82, 2.24) is 0 Å². The fourth-order valence-electron chi connectivity index (χ4n) is 0.365. The highest BCUT2D eigenvalue weighted by Crippen LogP contribution is 2.27. The average molecular weight is 290 g/mol. The molecule has 18 heavy (non-hydrogen) atoms. The van der Waals surface area contributed by atoms with Gasteiger partial charge in [0, 0.05) is 0 Å². The van der Waals surface area contributed by atoms with Crippen molar-refractivity contribution in [3.05, 3.63) is 0 Å². The molecule has 0 heterocycles. The molecule has 0 radical (unpaired) electrons. The molecule has 0 saturated carbocycles. The maximum absolute atomic E-state index is 12.1. The third-order valence-electron chi connectivity index (χ3n) is 1.29. The third kappa shape index (κ3) is 3.43. The summed E-state index contributed by atoms with van der Waals surface area (Å²) in [5, 5.41) is 0. The Morgan fingerprint density at radius 1 is 0.722 bits per heavy atom. The van der Waals surface area contributed by atoms with E-state index in [1.54, 1.807) is 0 Å². The number of halogens is 8. The highest BCUT2D eigenvalue weighted by molar-refractivity contribution is 5.81. The van der Waals surface area contributed by atoms with Gasteiger partial charge in [-0.25, -0.2) is 36.9 Å². The molecule has 0 rings (SSSR count). The van der Waals surface area contributed by atoms with Crippen molar-refractivity contribution in [2.75, 3.05) is 0 Å². The molecule has 0 spiro atoms. The fraction of sp³-hybridized carbons (Fsp3) is 0.667. The minimum atomic E-state index is -5.44. The fourth-order valence-corrected chi connectivity index (χ4v) is 0.365. The molecule has 12 heteroatoms. The molecule has 106 valence electrons. The molecule has 0 saturated heterocycles. The second-order valence-corrected chi connectivity index (χ2v) is 2.59. The van der Waals surface area contributed by atoms with Gasteiger partial charge in [0.2, 0.25) is 0 Å². The summed E-state index contributed by atoms with van der Waals surface area (Å²) in [5.41, 5.74) is 0. The molecule has 0 aromatic carbocycles. The summed E-state index contributed by atoms with van der Waals surface area (Å²) in [5.74, 6) is -17.3. The standard InChI is InChI=1S/C6H2F8O4/c7-1(8)5(11,12)3(15)17-18-4(16)6(13,14)2(9)10/h1-2H. The van der Waals surface area contributed by atoms with E-state index in [1.807, 2.05) is 0 Å². The van der Waals surface area contributed by atoms with Gasteiger partial charge in [0.25, 0.3) is 0 Å². The van der Waals surface area contributed by atoms with E-state index >= 15 is 0 Å². The zero-order chi connectivity index (χ0) is 14.7. The summed E-state index contributed by atoms with van der Waals surface area (Å²) in [4.78, 5) is 25.6. The van der Waals surface area contributed by atoms with Crippen LogP contribution in [0.25, 0.3) is 0 Å². The van der Waals surface area contributed by atoms with Gasteiger partial charge in [0.05, 0.1) is 0 Å². The molecule has 0 atom stereocenters. The van der Waals surface area contributed by atoms with Crippen LogP contribution < -0.4 is 0 Å². The molecule has 4 nitrogen and oxygen atoms in total. The highest BCUT2D eigenvalue weighted by Gasteiger charge is 2.55. The molecule has 0 fully saturated rings. The number of alkyl halides is 8. The molecule has 0 aromatic heterocycles. The molecule has 0 amide bonds. The van der Waals surface area contributed by atoms with E-state index in [9.17, 15) is 44.7 Å². The number of hydrogen-bond acceptors (Lipinski definition) is 4. The van der Waals surface area contributed by atoms with Crippen LogP contribution in [0.15, 0.2) is 0 Å². The Kier molecular flexibility index (Phi) is 4.87. The first-order valence-electron chi connectivity index (χ1n) is 3.69. The lowest BCUT2D eigenvalue weighted by Gasteiger charge is -2.14. The first-order valence-corrected chi connectivity index (χ1v) is 3.69. The molecule has 0 aromatic rings. The lowest BCUT2D eigenvalue weighted by Crippen LogP contribution is -2.42. The predicted octanol–water partition coefficient (Wildman–Crippen LogP) is 1.79. The van der Waals surface area contributed by atoms with Crippen molar-refractivity contribution in [2.45, 2.75) is 24.7 Å². The van der Waals surface area contributed by atoms with E-state index in [4.69, 9.17) is 0 Å². The molecular weight excluding hydrogens is 288 g/mol. The van der Waals surface area contributed by atoms with Gasteiger partial charge >= 0.3 is 36.6 Å². The lowest BCUT2D eigenvalue weighted by molar-refractivity contribution is -0.298. The Bertz CT molecular complexity index is 296. The van der Waals surface area contributed by atoms with Gasteiger partial charge < -0.3 is 0 Å². The second-order valence-electron chi connectivity index (χ2n) is 2.59. The van der Waals surface area contributed by atoms with Crippen LogP contribution in [0.3, 0.4) is 0 Å². The molecule has 0 N–H and O–H groups in total. The Hall–Kier alpha value is -1.62. The summed E-state index contributed by atoms with van der Waals surface area (Å²) >= 11 is 0. The quantitative estimate of drug-likeness (QED) is 0.450. The van der Waals surface area contributed by atoms with Crippen molar-refractivity contribution in [2.24, 2.45) is 0 Å². The summed E-state index contributed by atoms with van der Waals surface area (Å²) in [6.45, 7) is 0. The Morgan fingerprint density at radius 3 is 1.11 bits per heavy atom. The maximum atomic E-state index is 12.1.